The first-order valence-electron chi connectivity index (χ1n) is 5.32. The lowest BCUT2D eigenvalue weighted by Crippen LogP contribution is -2.12. The molecule has 84 valence electrons. The third kappa shape index (κ3) is 2.83. The highest BCUT2D eigenvalue weighted by atomic mass is 16.5. The molecular formula is C13H15NO2. The van der Waals surface area contributed by atoms with Gasteiger partial charge in [0.05, 0.1) is 23.3 Å². The number of carbonyl (C=O) groups excluding carboxylic acids is 1. The van der Waals surface area contributed by atoms with Gasteiger partial charge in [-0.2, -0.15) is 5.26 Å². The molecule has 0 radical (unpaired) electrons. The van der Waals surface area contributed by atoms with E-state index in [0.717, 1.165) is 12.0 Å². The number of rotatable bonds is 3. The second-order valence-corrected chi connectivity index (χ2v) is 3.79. The van der Waals surface area contributed by atoms with Gasteiger partial charge >= 0.3 is 5.97 Å². The van der Waals surface area contributed by atoms with E-state index in [-0.39, 0.29) is 12.1 Å². The number of hydrogen-bond donors (Lipinski definition) is 0. The fraction of sp³-hybridized carbons (Fsp3) is 0.385. The first kappa shape index (κ1) is 12.3. The molecule has 16 heavy (non-hydrogen) atoms. The summed E-state index contributed by atoms with van der Waals surface area (Å²) in [5.74, 6) is -0.380. The number of nitrogens with zero attached hydrogens (tertiary/aromatic N) is 1. The molecule has 0 heterocycles. The van der Waals surface area contributed by atoms with E-state index >= 15 is 0 Å². The second kappa shape index (κ2) is 5.32. The predicted molar refractivity (Wildman–Crippen MR) is 61.1 cm³/mol. The number of carbonyl (C=O) groups is 1. The molecule has 0 unspecified atom stereocenters. The summed E-state index contributed by atoms with van der Waals surface area (Å²) in [4.78, 5) is 11.6. The summed E-state index contributed by atoms with van der Waals surface area (Å²) in [5, 5.41) is 8.94. The minimum atomic E-state index is -0.380. The molecule has 0 spiro atoms. The number of aryl methyl sites for hydroxylation is 1. The zero-order valence-electron chi connectivity index (χ0n) is 9.78. The quantitative estimate of drug-likeness (QED) is 0.731. The van der Waals surface area contributed by atoms with Gasteiger partial charge in [0.15, 0.2) is 0 Å². The third-order valence-corrected chi connectivity index (χ3v) is 2.19. The lowest BCUT2D eigenvalue weighted by Gasteiger charge is -2.08. The minimum Gasteiger partial charge on any atom is -0.459 e. The Hall–Kier alpha value is -1.82. The molecule has 0 aliphatic carbocycles. The summed E-state index contributed by atoms with van der Waals surface area (Å²) in [7, 11) is 0. The van der Waals surface area contributed by atoms with E-state index in [4.69, 9.17) is 10.00 Å². The van der Waals surface area contributed by atoms with Gasteiger partial charge < -0.3 is 4.74 Å². The topological polar surface area (TPSA) is 50.1 Å². The van der Waals surface area contributed by atoms with Crippen molar-refractivity contribution in [1.29, 1.82) is 5.26 Å². The highest BCUT2D eigenvalue weighted by Crippen LogP contribution is 2.13. The van der Waals surface area contributed by atoms with Crippen LogP contribution in [0.2, 0.25) is 0 Å². The molecule has 0 aromatic heterocycles. The standard InChI is InChI=1S/C13H15NO2/c1-4-10-5-6-11(7-12(10)8-14)13(15)16-9(2)3/h5-7,9H,4H2,1-3H3. The highest BCUT2D eigenvalue weighted by molar-refractivity contribution is 5.90. The van der Waals surface area contributed by atoms with E-state index in [9.17, 15) is 4.79 Å². The molecule has 0 aliphatic rings. The van der Waals surface area contributed by atoms with Crippen molar-refractivity contribution in [2.24, 2.45) is 0 Å². The predicted octanol–water partition coefficient (Wildman–Crippen LogP) is 2.69. The van der Waals surface area contributed by atoms with Crippen molar-refractivity contribution in [3.8, 4) is 6.07 Å². The molecule has 0 amide bonds. The molecule has 1 aromatic carbocycles. The fourth-order valence-corrected chi connectivity index (χ4v) is 1.40. The average Bonchev–Trinajstić information content (AvgIpc) is 2.27. The second-order valence-electron chi connectivity index (χ2n) is 3.79. The molecule has 0 N–H and O–H groups in total. The molecule has 0 fully saturated rings. The smallest absolute Gasteiger partial charge is 0.338 e. The lowest BCUT2D eigenvalue weighted by atomic mass is 10.0. The maximum atomic E-state index is 11.6. The molecule has 1 aromatic rings. The Morgan fingerprint density at radius 3 is 2.69 bits per heavy atom. The average molecular weight is 217 g/mol. The van der Waals surface area contributed by atoms with Crippen LogP contribution < -0.4 is 0 Å². The van der Waals surface area contributed by atoms with Crippen molar-refractivity contribution in [3.05, 3.63) is 34.9 Å². The van der Waals surface area contributed by atoms with Crippen LogP contribution in [0.1, 0.15) is 42.3 Å². The minimum absolute atomic E-state index is 0.149. The van der Waals surface area contributed by atoms with Gasteiger partial charge in [0, 0.05) is 0 Å². The van der Waals surface area contributed by atoms with E-state index in [1.165, 1.54) is 0 Å². The van der Waals surface area contributed by atoms with Crippen LogP contribution in [-0.4, -0.2) is 12.1 Å². The summed E-state index contributed by atoms with van der Waals surface area (Å²) in [6.45, 7) is 5.56. The van der Waals surface area contributed by atoms with Crippen LogP contribution in [0, 0.1) is 11.3 Å². The van der Waals surface area contributed by atoms with Gasteiger partial charge in [0.2, 0.25) is 0 Å². The molecule has 0 atom stereocenters. The van der Waals surface area contributed by atoms with Gasteiger partial charge in [-0.1, -0.05) is 13.0 Å². The van der Waals surface area contributed by atoms with Crippen LogP contribution in [0.15, 0.2) is 18.2 Å². The van der Waals surface area contributed by atoms with Crippen LogP contribution in [0.4, 0.5) is 0 Å². The molecular weight excluding hydrogens is 202 g/mol. The van der Waals surface area contributed by atoms with E-state index < -0.39 is 0 Å². The number of benzene rings is 1. The normalized spacial score (nSPS) is 9.94. The Morgan fingerprint density at radius 1 is 1.50 bits per heavy atom. The molecule has 0 bridgehead atoms. The Kier molecular flexibility index (Phi) is 4.07. The molecule has 1 rings (SSSR count). The maximum Gasteiger partial charge on any atom is 0.338 e. The molecule has 0 saturated heterocycles. The fourth-order valence-electron chi connectivity index (χ4n) is 1.40. The molecule has 0 aliphatic heterocycles. The van der Waals surface area contributed by atoms with Gasteiger partial charge in [0.1, 0.15) is 0 Å². The zero-order chi connectivity index (χ0) is 12.1. The van der Waals surface area contributed by atoms with Crippen LogP contribution >= 0.6 is 0 Å². The van der Waals surface area contributed by atoms with Crippen molar-refractivity contribution in [2.45, 2.75) is 33.3 Å². The Labute approximate surface area is 95.7 Å². The number of hydrogen-bond acceptors (Lipinski definition) is 3. The first-order chi connectivity index (χ1) is 7.58. The summed E-state index contributed by atoms with van der Waals surface area (Å²) in [6, 6.07) is 7.17. The Balaban J connectivity index is 3.00. The van der Waals surface area contributed by atoms with Gasteiger partial charge in [-0.05, 0) is 38.0 Å². The summed E-state index contributed by atoms with van der Waals surface area (Å²) < 4.78 is 5.06. The lowest BCUT2D eigenvalue weighted by molar-refractivity contribution is 0.0378. The number of nitriles is 1. The Bertz CT molecular complexity index is 430. The summed E-state index contributed by atoms with van der Waals surface area (Å²) >= 11 is 0. The van der Waals surface area contributed by atoms with E-state index in [1.807, 2.05) is 6.92 Å². The summed E-state index contributed by atoms with van der Waals surface area (Å²) in [5.41, 5.74) is 1.92. The molecule has 3 nitrogen and oxygen atoms in total. The van der Waals surface area contributed by atoms with Crippen molar-refractivity contribution in [2.75, 3.05) is 0 Å². The summed E-state index contributed by atoms with van der Waals surface area (Å²) in [6.07, 6.45) is 0.631. The van der Waals surface area contributed by atoms with Crippen molar-refractivity contribution < 1.29 is 9.53 Å². The largest absolute Gasteiger partial charge is 0.459 e. The number of esters is 1. The van der Waals surface area contributed by atoms with Crippen molar-refractivity contribution in [1.82, 2.24) is 0 Å². The van der Waals surface area contributed by atoms with Crippen molar-refractivity contribution in [3.63, 3.8) is 0 Å². The van der Waals surface area contributed by atoms with E-state index in [0.29, 0.717) is 11.1 Å². The third-order valence-electron chi connectivity index (χ3n) is 2.19. The first-order valence-corrected chi connectivity index (χ1v) is 5.32. The van der Waals surface area contributed by atoms with Crippen LogP contribution in [-0.2, 0) is 11.2 Å². The van der Waals surface area contributed by atoms with E-state index in [2.05, 4.69) is 6.07 Å². The van der Waals surface area contributed by atoms with Gasteiger partial charge in [-0.3, -0.25) is 0 Å². The SMILES string of the molecule is CCc1ccc(C(=O)OC(C)C)cc1C#N. The monoisotopic (exact) mass is 217 g/mol. The van der Waals surface area contributed by atoms with E-state index in [1.54, 1.807) is 32.0 Å². The zero-order valence-corrected chi connectivity index (χ0v) is 9.78. The highest BCUT2D eigenvalue weighted by Gasteiger charge is 2.11. The Morgan fingerprint density at radius 2 is 2.19 bits per heavy atom. The van der Waals surface area contributed by atoms with Crippen LogP contribution in [0.5, 0.6) is 0 Å². The molecule has 0 saturated carbocycles. The number of ether oxygens (including phenoxy) is 1. The van der Waals surface area contributed by atoms with Gasteiger partial charge in [-0.15, -0.1) is 0 Å². The maximum absolute atomic E-state index is 11.6. The van der Waals surface area contributed by atoms with Gasteiger partial charge in [0.25, 0.3) is 0 Å². The molecule has 3 heteroatoms. The van der Waals surface area contributed by atoms with Crippen LogP contribution in [0.25, 0.3) is 0 Å². The van der Waals surface area contributed by atoms with Gasteiger partial charge in [-0.25, -0.2) is 4.79 Å². The van der Waals surface area contributed by atoms with Crippen LogP contribution in [0.3, 0.4) is 0 Å². The van der Waals surface area contributed by atoms with Crippen molar-refractivity contribution >= 4 is 5.97 Å².